The Morgan fingerprint density at radius 1 is 1.26 bits per heavy atom. The number of nitrogens with zero attached hydrogens (tertiary/aromatic N) is 3. The van der Waals surface area contributed by atoms with Gasteiger partial charge in [-0.1, -0.05) is 17.7 Å². The molecule has 7 heteroatoms. The number of halogens is 2. The number of pyridine rings is 1. The lowest BCUT2D eigenvalue weighted by Crippen LogP contribution is -2.39. The minimum atomic E-state index is 0. The molecule has 0 aliphatic heterocycles. The molecule has 0 aliphatic carbocycles. The summed E-state index contributed by atoms with van der Waals surface area (Å²) in [5.74, 6) is 0.844. The maximum atomic E-state index is 5.78. The molecule has 126 valence electrons. The predicted molar refractivity (Wildman–Crippen MR) is 107 cm³/mol. The zero-order chi connectivity index (χ0) is 15.6. The van der Waals surface area contributed by atoms with E-state index in [0.29, 0.717) is 11.7 Å². The Bertz CT molecular complexity index is 569. The minimum absolute atomic E-state index is 0. The van der Waals surface area contributed by atoms with E-state index in [9.17, 15) is 0 Å². The average molecular weight is 448 g/mol. The predicted octanol–water partition coefficient (Wildman–Crippen LogP) is 2.95. The van der Waals surface area contributed by atoms with Crippen LogP contribution in [0.25, 0.3) is 0 Å². The van der Waals surface area contributed by atoms with Crippen LogP contribution in [0, 0.1) is 0 Å². The summed E-state index contributed by atoms with van der Waals surface area (Å²) in [5.41, 5.74) is 1.14. The van der Waals surface area contributed by atoms with Crippen LogP contribution in [-0.2, 0) is 13.0 Å². The molecule has 0 bridgehead atoms. The van der Waals surface area contributed by atoms with Gasteiger partial charge in [-0.15, -0.1) is 24.0 Å². The van der Waals surface area contributed by atoms with E-state index < -0.39 is 0 Å². The van der Waals surface area contributed by atoms with Gasteiger partial charge in [0, 0.05) is 44.8 Å². The van der Waals surface area contributed by atoms with Gasteiger partial charge in [0.25, 0.3) is 0 Å². The number of hydrogen-bond donors (Lipinski definition) is 2. The molecular formula is C16H23ClIN5. The van der Waals surface area contributed by atoms with E-state index in [2.05, 4.69) is 44.5 Å². The number of rotatable bonds is 7. The molecule has 0 fully saturated rings. The Balaban J connectivity index is 0.00000264. The highest BCUT2D eigenvalue weighted by Crippen LogP contribution is 2.05. The van der Waals surface area contributed by atoms with Crippen molar-refractivity contribution >= 4 is 41.5 Å². The van der Waals surface area contributed by atoms with Gasteiger partial charge in [-0.05, 0) is 37.1 Å². The summed E-state index contributed by atoms with van der Waals surface area (Å²) in [6.07, 6.45) is 6.75. The fourth-order valence-electron chi connectivity index (χ4n) is 2.02. The topological polar surface area (TPSA) is 54.2 Å². The highest BCUT2D eigenvalue weighted by molar-refractivity contribution is 14.0. The molecule has 0 saturated heterocycles. The molecule has 5 nitrogen and oxygen atoms in total. The van der Waals surface area contributed by atoms with Crippen LogP contribution in [0.15, 0.2) is 47.8 Å². The first kappa shape index (κ1) is 19.8. The van der Waals surface area contributed by atoms with Crippen LogP contribution in [0.2, 0.25) is 5.15 Å². The fourth-order valence-corrected chi connectivity index (χ4v) is 2.13. The molecule has 0 spiro atoms. The van der Waals surface area contributed by atoms with Gasteiger partial charge < -0.3 is 15.2 Å². The van der Waals surface area contributed by atoms with Crippen LogP contribution >= 0.6 is 35.6 Å². The first-order valence-corrected chi connectivity index (χ1v) is 7.89. The van der Waals surface area contributed by atoms with Crippen molar-refractivity contribution in [3.63, 3.8) is 0 Å². The molecule has 2 heterocycles. The first-order valence-electron chi connectivity index (χ1n) is 7.51. The maximum Gasteiger partial charge on any atom is 0.191 e. The van der Waals surface area contributed by atoms with Gasteiger partial charge >= 0.3 is 0 Å². The number of nitrogens with one attached hydrogen (secondary N) is 2. The van der Waals surface area contributed by atoms with Crippen LogP contribution in [0.4, 0.5) is 0 Å². The smallest absolute Gasteiger partial charge is 0.191 e. The van der Waals surface area contributed by atoms with Crippen molar-refractivity contribution in [3.8, 4) is 0 Å². The Morgan fingerprint density at radius 2 is 2.04 bits per heavy atom. The summed E-state index contributed by atoms with van der Waals surface area (Å²) < 4.78 is 2.13. The Labute approximate surface area is 159 Å². The summed E-state index contributed by atoms with van der Waals surface area (Å²) in [6.45, 7) is 5.37. The second-order valence-electron chi connectivity index (χ2n) is 4.85. The number of aromatic nitrogens is 2. The van der Waals surface area contributed by atoms with E-state index in [1.165, 1.54) is 0 Å². The lowest BCUT2D eigenvalue weighted by Gasteiger charge is -2.11. The van der Waals surface area contributed by atoms with Crippen molar-refractivity contribution in [1.29, 1.82) is 0 Å². The highest BCUT2D eigenvalue weighted by atomic mass is 127. The molecule has 0 radical (unpaired) electrons. The van der Waals surface area contributed by atoms with Crippen LogP contribution < -0.4 is 10.6 Å². The van der Waals surface area contributed by atoms with E-state index in [1.807, 2.05) is 18.2 Å². The van der Waals surface area contributed by atoms with Crippen molar-refractivity contribution in [2.24, 2.45) is 4.99 Å². The van der Waals surface area contributed by atoms with Gasteiger partial charge in [-0.3, -0.25) is 4.99 Å². The van der Waals surface area contributed by atoms with Gasteiger partial charge in [-0.25, -0.2) is 4.98 Å². The zero-order valence-corrected chi connectivity index (χ0v) is 16.3. The second-order valence-corrected chi connectivity index (χ2v) is 5.23. The van der Waals surface area contributed by atoms with Gasteiger partial charge in [0.15, 0.2) is 5.96 Å². The van der Waals surface area contributed by atoms with Crippen LogP contribution in [0.5, 0.6) is 0 Å². The quantitative estimate of drug-likeness (QED) is 0.297. The highest BCUT2D eigenvalue weighted by Gasteiger charge is 1.98. The lowest BCUT2D eigenvalue weighted by molar-refractivity contribution is 0.665. The Hall–Kier alpha value is -1.28. The lowest BCUT2D eigenvalue weighted by atomic mass is 10.2. The van der Waals surface area contributed by atoms with Crippen LogP contribution in [0.1, 0.15) is 12.5 Å². The van der Waals surface area contributed by atoms with Crippen molar-refractivity contribution in [2.75, 3.05) is 19.6 Å². The Kier molecular flexibility index (Phi) is 9.70. The maximum absolute atomic E-state index is 5.78. The summed E-state index contributed by atoms with van der Waals surface area (Å²) in [7, 11) is 0. The van der Waals surface area contributed by atoms with E-state index >= 15 is 0 Å². The van der Waals surface area contributed by atoms with Gasteiger partial charge in [-0.2, -0.15) is 0 Å². The Morgan fingerprint density at radius 3 is 2.70 bits per heavy atom. The summed E-state index contributed by atoms with van der Waals surface area (Å²) >= 11 is 5.78. The monoisotopic (exact) mass is 447 g/mol. The third kappa shape index (κ3) is 7.69. The molecule has 2 aromatic rings. The second kappa shape index (κ2) is 11.3. The molecule has 23 heavy (non-hydrogen) atoms. The summed E-state index contributed by atoms with van der Waals surface area (Å²) in [5, 5.41) is 7.11. The number of hydrogen-bond acceptors (Lipinski definition) is 2. The molecule has 2 N–H and O–H groups in total. The third-order valence-corrected chi connectivity index (χ3v) is 3.36. The van der Waals surface area contributed by atoms with Crippen molar-refractivity contribution < 1.29 is 0 Å². The molecule has 2 rings (SSSR count). The fraction of sp³-hybridized carbons (Fsp3) is 0.375. The average Bonchev–Trinajstić information content (AvgIpc) is 3.02. The molecule has 0 aromatic carbocycles. The normalized spacial score (nSPS) is 11.0. The SMILES string of the molecule is CCNC(=NCCc1ccc(Cl)nc1)NCCn1cccc1.I. The van der Waals surface area contributed by atoms with Crippen molar-refractivity contribution in [2.45, 2.75) is 19.9 Å². The van der Waals surface area contributed by atoms with Crippen LogP contribution in [-0.4, -0.2) is 35.1 Å². The van der Waals surface area contributed by atoms with E-state index in [0.717, 1.165) is 37.6 Å². The number of guanidine groups is 1. The van der Waals surface area contributed by atoms with E-state index in [4.69, 9.17) is 11.6 Å². The summed E-state index contributed by atoms with van der Waals surface area (Å²) in [4.78, 5) is 8.65. The third-order valence-electron chi connectivity index (χ3n) is 3.13. The van der Waals surface area contributed by atoms with Crippen molar-refractivity contribution in [3.05, 3.63) is 53.6 Å². The van der Waals surface area contributed by atoms with Crippen molar-refractivity contribution in [1.82, 2.24) is 20.2 Å². The molecule has 0 amide bonds. The zero-order valence-electron chi connectivity index (χ0n) is 13.2. The van der Waals surface area contributed by atoms with Gasteiger partial charge in [0.2, 0.25) is 0 Å². The molecule has 0 atom stereocenters. The molecule has 0 saturated carbocycles. The minimum Gasteiger partial charge on any atom is -0.357 e. The van der Waals surface area contributed by atoms with E-state index in [1.54, 1.807) is 12.3 Å². The number of aliphatic imine (C=N–C) groups is 1. The largest absolute Gasteiger partial charge is 0.357 e. The standard InChI is InChI=1S/C16H22ClN5.HI/c1-2-18-16(20-9-12-22-10-3-4-11-22)19-8-7-14-5-6-15(17)21-13-14;/h3-6,10-11,13H,2,7-9,12H2,1H3,(H2,18,19,20);1H. The van der Waals surface area contributed by atoms with Gasteiger partial charge in [0.1, 0.15) is 5.15 Å². The summed E-state index contributed by atoms with van der Waals surface area (Å²) in [6, 6.07) is 7.84. The van der Waals surface area contributed by atoms with E-state index in [-0.39, 0.29) is 24.0 Å². The van der Waals surface area contributed by atoms with Gasteiger partial charge in [0.05, 0.1) is 0 Å². The molecule has 2 aromatic heterocycles. The molecule has 0 aliphatic rings. The van der Waals surface area contributed by atoms with Crippen LogP contribution in [0.3, 0.4) is 0 Å². The molecule has 0 unspecified atom stereocenters. The first-order chi connectivity index (χ1) is 10.8. The molecular weight excluding hydrogens is 425 g/mol.